The number of hydrogen-bond acceptors (Lipinski definition) is 5. The maximum Gasteiger partial charge on any atom is 0.299 e. The third-order valence-corrected chi connectivity index (χ3v) is 4.69. The summed E-state index contributed by atoms with van der Waals surface area (Å²) in [7, 11) is 1.93. The Kier molecular flexibility index (Phi) is 10.3. The van der Waals surface area contributed by atoms with Crippen LogP contribution >= 0.6 is 0 Å². The monoisotopic (exact) mass is 453 g/mol. The molecule has 0 fully saturated rings. The molecule has 3 rings (SSSR count). The zero-order valence-corrected chi connectivity index (χ0v) is 19.5. The van der Waals surface area contributed by atoms with Crippen LogP contribution in [-0.4, -0.2) is 35.1 Å². The van der Waals surface area contributed by atoms with E-state index in [1.165, 1.54) is 0 Å². The molecule has 0 amide bonds. The Hall–Kier alpha value is -3.62. The number of benzene rings is 2. The van der Waals surface area contributed by atoms with Gasteiger partial charge in [-0.05, 0) is 51.6 Å². The number of nitrogens with one attached hydrogen (secondary N) is 1. The summed E-state index contributed by atoms with van der Waals surface area (Å²) in [5, 5.41) is 26.1. The van der Waals surface area contributed by atoms with E-state index in [-0.39, 0.29) is 5.41 Å². The lowest BCUT2D eigenvalue weighted by molar-refractivity contribution is -0.126. The van der Waals surface area contributed by atoms with Crippen LogP contribution in [0.5, 0.6) is 0 Å². The standard InChI is InChI=1S/C12H14N4.C10H11N.C3H4F2O/c1-9(14-2)8-16-12-4-3-10(6-13)5-11(12)7-15-16;1-10(2,8-11)9-6-4-3-5-7-9;1-3(4,5)2-6/h3-5,7,9,14H,8H2,1-2H3;3-7H,1-2H3;2H,1H3. The molecular formula is C25H29F2N5O. The summed E-state index contributed by atoms with van der Waals surface area (Å²) in [4.78, 5) is 9.08. The minimum atomic E-state index is -3.14. The SMILES string of the molecule is CC(C)(C#N)c1ccccc1.CC(F)(F)C=O.CNC(C)Cn1ncc2cc(C#N)ccc21. The molecule has 1 heterocycles. The Morgan fingerprint density at radius 2 is 1.76 bits per heavy atom. The van der Waals surface area contributed by atoms with Gasteiger partial charge in [0.25, 0.3) is 5.92 Å². The first-order chi connectivity index (χ1) is 15.5. The largest absolute Gasteiger partial charge is 0.315 e. The lowest BCUT2D eigenvalue weighted by atomic mass is 9.87. The van der Waals surface area contributed by atoms with Crippen LogP contribution in [0.2, 0.25) is 0 Å². The van der Waals surface area contributed by atoms with Gasteiger partial charge in [-0.25, -0.2) is 0 Å². The highest BCUT2D eigenvalue weighted by molar-refractivity contribution is 5.80. The summed E-state index contributed by atoms with van der Waals surface area (Å²) >= 11 is 0. The van der Waals surface area contributed by atoms with Crippen molar-refractivity contribution in [2.24, 2.45) is 0 Å². The normalized spacial score (nSPS) is 11.7. The van der Waals surface area contributed by atoms with Gasteiger partial charge < -0.3 is 5.32 Å². The number of nitriles is 2. The highest BCUT2D eigenvalue weighted by atomic mass is 19.3. The highest BCUT2D eigenvalue weighted by Crippen LogP contribution is 2.20. The topological polar surface area (TPSA) is 94.5 Å². The second-order valence-corrected chi connectivity index (χ2v) is 8.08. The summed E-state index contributed by atoms with van der Waals surface area (Å²) < 4.78 is 24.1. The number of aldehydes is 1. The Morgan fingerprint density at radius 3 is 2.24 bits per heavy atom. The van der Waals surface area contributed by atoms with Gasteiger partial charge in [0.2, 0.25) is 0 Å². The van der Waals surface area contributed by atoms with Crippen molar-refractivity contribution >= 4 is 17.2 Å². The number of hydrogen-bond donors (Lipinski definition) is 1. The van der Waals surface area contributed by atoms with Crippen molar-refractivity contribution in [3.8, 4) is 12.1 Å². The van der Waals surface area contributed by atoms with Crippen LogP contribution in [-0.2, 0) is 16.8 Å². The van der Waals surface area contributed by atoms with Crippen LogP contribution < -0.4 is 5.32 Å². The van der Waals surface area contributed by atoms with E-state index in [1.807, 2.05) is 74.1 Å². The van der Waals surface area contributed by atoms with Gasteiger partial charge in [0.05, 0.1) is 41.4 Å². The number of fused-ring (bicyclic) bond motifs is 1. The molecule has 1 atom stereocenters. The van der Waals surface area contributed by atoms with Crippen molar-refractivity contribution < 1.29 is 13.6 Å². The van der Waals surface area contributed by atoms with Gasteiger partial charge in [-0.1, -0.05) is 30.3 Å². The molecule has 8 heteroatoms. The molecule has 0 bridgehead atoms. The van der Waals surface area contributed by atoms with Crippen LogP contribution in [0, 0.1) is 22.7 Å². The molecule has 2 aromatic carbocycles. The van der Waals surface area contributed by atoms with Gasteiger partial charge in [0.15, 0.2) is 6.29 Å². The van der Waals surface area contributed by atoms with E-state index in [0.29, 0.717) is 18.5 Å². The van der Waals surface area contributed by atoms with E-state index < -0.39 is 12.2 Å². The fourth-order valence-electron chi connectivity index (χ4n) is 2.57. The second kappa shape index (κ2) is 12.4. The van der Waals surface area contributed by atoms with Crippen LogP contribution in [0.3, 0.4) is 0 Å². The highest BCUT2D eigenvalue weighted by Gasteiger charge is 2.18. The Balaban J connectivity index is 0.000000278. The number of halogens is 2. The zero-order valence-electron chi connectivity index (χ0n) is 19.5. The van der Waals surface area contributed by atoms with Gasteiger partial charge in [-0.15, -0.1) is 0 Å². The van der Waals surface area contributed by atoms with E-state index >= 15 is 0 Å². The van der Waals surface area contributed by atoms with Crippen LogP contribution in [0.25, 0.3) is 10.9 Å². The summed E-state index contributed by atoms with van der Waals surface area (Å²) in [6.45, 7) is 7.31. The van der Waals surface area contributed by atoms with Gasteiger partial charge in [-0.3, -0.25) is 9.48 Å². The number of alkyl halides is 2. The van der Waals surface area contributed by atoms with Gasteiger partial charge in [-0.2, -0.15) is 24.4 Å². The smallest absolute Gasteiger partial charge is 0.299 e. The molecule has 0 aliphatic heterocycles. The minimum absolute atomic E-state index is 0.360. The van der Waals surface area contributed by atoms with E-state index in [2.05, 4.69) is 29.5 Å². The predicted molar refractivity (Wildman–Crippen MR) is 125 cm³/mol. The fourth-order valence-corrected chi connectivity index (χ4v) is 2.57. The third-order valence-electron chi connectivity index (χ3n) is 4.69. The Morgan fingerprint density at radius 1 is 1.15 bits per heavy atom. The third kappa shape index (κ3) is 9.18. The summed E-state index contributed by atoms with van der Waals surface area (Å²) in [5.41, 5.74) is 2.46. The molecule has 0 radical (unpaired) electrons. The first-order valence-electron chi connectivity index (χ1n) is 10.3. The molecule has 0 saturated carbocycles. The van der Waals surface area contributed by atoms with E-state index in [4.69, 9.17) is 15.3 Å². The molecule has 0 spiro atoms. The maximum absolute atomic E-state index is 11.1. The summed E-state index contributed by atoms with van der Waals surface area (Å²) in [6.07, 6.45) is 1.41. The lowest BCUT2D eigenvalue weighted by Gasteiger charge is -2.14. The molecule has 1 N–H and O–H groups in total. The fraction of sp³-hybridized carbons (Fsp3) is 0.360. The van der Waals surface area contributed by atoms with Crippen molar-refractivity contribution in [1.29, 1.82) is 10.5 Å². The quantitative estimate of drug-likeness (QED) is 0.558. The maximum atomic E-state index is 11.1. The van der Waals surface area contributed by atoms with Crippen LogP contribution in [0.4, 0.5) is 8.78 Å². The van der Waals surface area contributed by atoms with Crippen LogP contribution in [0.15, 0.2) is 54.7 Å². The van der Waals surface area contributed by atoms with E-state index in [1.54, 1.807) is 6.20 Å². The molecule has 1 unspecified atom stereocenters. The van der Waals surface area contributed by atoms with Gasteiger partial charge >= 0.3 is 0 Å². The Labute approximate surface area is 193 Å². The second-order valence-electron chi connectivity index (χ2n) is 8.08. The van der Waals surface area contributed by atoms with Crippen molar-refractivity contribution in [3.05, 3.63) is 65.9 Å². The first-order valence-corrected chi connectivity index (χ1v) is 10.3. The average Bonchev–Trinajstić information content (AvgIpc) is 3.21. The molecule has 3 aromatic rings. The Bertz CT molecular complexity index is 1110. The average molecular weight is 454 g/mol. The summed E-state index contributed by atoms with van der Waals surface area (Å²) in [6, 6.07) is 20.2. The van der Waals surface area contributed by atoms with Gasteiger partial charge in [0, 0.05) is 18.4 Å². The molecule has 174 valence electrons. The minimum Gasteiger partial charge on any atom is -0.315 e. The molecule has 33 heavy (non-hydrogen) atoms. The number of likely N-dealkylation sites (N-methyl/N-ethyl adjacent to an activating group) is 1. The van der Waals surface area contributed by atoms with Crippen LogP contribution in [0.1, 0.15) is 38.8 Å². The van der Waals surface area contributed by atoms with Crippen molar-refractivity contribution in [2.75, 3.05) is 7.05 Å². The molecule has 1 aromatic heterocycles. The van der Waals surface area contributed by atoms with Crippen molar-refractivity contribution in [2.45, 2.75) is 51.6 Å². The molecule has 0 aliphatic carbocycles. The number of nitrogens with zero attached hydrogens (tertiary/aromatic N) is 4. The van der Waals surface area contributed by atoms with Gasteiger partial charge in [0.1, 0.15) is 0 Å². The number of rotatable bonds is 5. The number of aromatic nitrogens is 2. The predicted octanol–water partition coefficient (Wildman–Crippen LogP) is 4.84. The first kappa shape index (κ1) is 27.4. The van der Waals surface area contributed by atoms with E-state index in [9.17, 15) is 8.78 Å². The van der Waals surface area contributed by atoms with E-state index in [0.717, 1.165) is 23.0 Å². The van der Waals surface area contributed by atoms with Crippen molar-refractivity contribution in [3.63, 3.8) is 0 Å². The molecule has 6 nitrogen and oxygen atoms in total. The number of carbonyl (C=O) groups excluding carboxylic acids is 1. The lowest BCUT2D eigenvalue weighted by Crippen LogP contribution is -2.27. The van der Waals surface area contributed by atoms with Crippen molar-refractivity contribution in [1.82, 2.24) is 15.1 Å². The molecular weight excluding hydrogens is 424 g/mol. The molecule has 0 saturated heterocycles. The molecule has 0 aliphatic rings. The summed E-state index contributed by atoms with van der Waals surface area (Å²) in [5.74, 6) is -3.14. The zero-order chi connectivity index (χ0) is 25.1. The number of carbonyl (C=O) groups is 1.